The topological polar surface area (TPSA) is 236 Å². The van der Waals surface area contributed by atoms with Crippen LogP contribution in [0, 0.1) is 22.7 Å². The van der Waals surface area contributed by atoms with E-state index in [0.29, 0.717) is 23.1 Å². The van der Waals surface area contributed by atoms with Gasteiger partial charge >= 0.3 is 12.1 Å². The first-order valence-electron chi connectivity index (χ1n) is 15.8. The Labute approximate surface area is 280 Å². The fourth-order valence-corrected chi connectivity index (χ4v) is 8.43. The number of carbonyl (C=O) groups is 4. The number of rotatable bonds is 11. The molecule has 0 radical (unpaired) electrons. The molecule has 0 spiro atoms. The number of aliphatic hydroxyl groups excluding tert-OH is 2. The average Bonchev–Trinajstić information content (AvgIpc) is 3.26. The van der Waals surface area contributed by atoms with Gasteiger partial charge in [0.25, 0.3) is 0 Å². The molecule has 3 saturated carbocycles. The number of ketones is 2. The van der Waals surface area contributed by atoms with E-state index in [1.165, 1.54) is 25.2 Å². The zero-order valence-corrected chi connectivity index (χ0v) is 27.0. The van der Waals surface area contributed by atoms with Gasteiger partial charge in [-0.2, -0.15) is 0 Å². The number of Topliss-reactive ketones (excluding diaryl/α,β-unsaturated/α-hetero) is 1. The molecule has 0 amide bonds. The van der Waals surface area contributed by atoms with Crippen molar-refractivity contribution in [2.45, 2.75) is 82.3 Å². The van der Waals surface area contributed by atoms with Gasteiger partial charge in [-0.25, -0.2) is 14.0 Å². The summed E-state index contributed by atoms with van der Waals surface area (Å²) in [6.45, 7) is 1.02. The lowest BCUT2D eigenvalue weighted by atomic mass is 9.44. The molecule has 9 atom stereocenters. The van der Waals surface area contributed by atoms with Crippen LogP contribution in [0.1, 0.15) is 50.7 Å². The number of nitrogens with zero attached hydrogens (tertiary/aromatic N) is 1. The normalized spacial score (nSPS) is 35.5. The second-order valence-electron chi connectivity index (χ2n) is 13.6. The van der Waals surface area contributed by atoms with E-state index in [1.54, 1.807) is 31.2 Å². The molecular weight excluding hydrogens is 651 g/mol. The van der Waals surface area contributed by atoms with Crippen molar-refractivity contribution in [2.75, 3.05) is 13.2 Å². The number of allylic oxidation sites excluding steroid dienone is 4. The van der Waals surface area contributed by atoms with Gasteiger partial charge in [0.2, 0.25) is 5.78 Å². The van der Waals surface area contributed by atoms with Gasteiger partial charge in [-0.1, -0.05) is 42.8 Å². The van der Waals surface area contributed by atoms with Crippen LogP contribution < -0.4 is 5.73 Å². The number of aliphatic hydroxyl groups is 3. The molecule has 0 saturated heterocycles. The molecule has 7 N–H and O–H groups in total. The molecular formula is C33H41FN2O13. The quantitative estimate of drug-likeness (QED) is 0.142. The van der Waals surface area contributed by atoms with E-state index in [9.17, 15) is 34.5 Å². The van der Waals surface area contributed by atoms with Crippen molar-refractivity contribution < 1.29 is 68.4 Å². The van der Waals surface area contributed by atoms with E-state index in [0.717, 1.165) is 0 Å². The van der Waals surface area contributed by atoms with Crippen LogP contribution in [-0.2, 0) is 46.6 Å². The van der Waals surface area contributed by atoms with Crippen molar-refractivity contribution in [1.29, 1.82) is 0 Å². The van der Waals surface area contributed by atoms with Crippen LogP contribution in [0.4, 0.5) is 9.18 Å². The summed E-state index contributed by atoms with van der Waals surface area (Å²) in [5.74, 6) is -4.10. The first-order chi connectivity index (χ1) is 23.0. The average molecular weight is 693 g/mol. The fourth-order valence-electron chi connectivity index (χ4n) is 8.43. The molecule has 16 heteroatoms. The van der Waals surface area contributed by atoms with Gasteiger partial charge in [-0.05, 0) is 61.8 Å². The number of ether oxygens (including phenoxy) is 3. The zero-order chi connectivity index (χ0) is 35.9. The maximum absolute atomic E-state index is 17.3. The SMILES string of the molecule is C[C@]12C=CC(=O)C=C1CC[C@H]1[C@@H]3C[C@@H](O)[C@](O)(C(=O)COC(=O)C(N)COC(=O)OCc4cccc(CON(O)O)c4)[C@@]3(C)C[C@H](O)[C@@]12F. The van der Waals surface area contributed by atoms with Gasteiger partial charge in [0.05, 0.1) is 24.2 Å². The Morgan fingerprint density at radius 2 is 1.76 bits per heavy atom. The molecule has 0 bridgehead atoms. The summed E-state index contributed by atoms with van der Waals surface area (Å²) >= 11 is 0. The summed E-state index contributed by atoms with van der Waals surface area (Å²) in [6, 6.07) is 4.88. The van der Waals surface area contributed by atoms with E-state index in [-0.39, 0.29) is 38.3 Å². The molecule has 0 aromatic heterocycles. The van der Waals surface area contributed by atoms with Gasteiger partial charge in [0.1, 0.15) is 19.3 Å². The molecule has 4 aliphatic carbocycles. The van der Waals surface area contributed by atoms with Gasteiger partial charge in [-0.15, -0.1) is 0 Å². The Hall–Kier alpha value is -3.61. The Bertz CT molecular complexity index is 1550. The van der Waals surface area contributed by atoms with Crippen molar-refractivity contribution in [3.8, 4) is 0 Å². The minimum absolute atomic E-state index is 0.148. The van der Waals surface area contributed by atoms with E-state index in [4.69, 9.17) is 30.4 Å². The van der Waals surface area contributed by atoms with Crippen molar-refractivity contribution in [2.24, 2.45) is 28.4 Å². The van der Waals surface area contributed by atoms with Crippen LogP contribution in [0.3, 0.4) is 0 Å². The zero-order valence-electron chi connectivity index (χ0n) is 27.0. The molecule has 49 heavy (non-hydrogen) atoms. The van der Waals surface area contributed by atoms with E-state index in [2.05, 4.69) is 4.84 Å². The summed E-state index contributed by atoms with van der Waals surface area (Å²) in [5.41, 5.74) is -0.172. The monoisotopic (exact) mass is 692 g/mol. The van der Waals surface area contributed by atoms with Crippen molar-refractivity contribution >= 4 is 23.7 Å². The number of benzene rings is 1. The van der Waals surface area contributed by atoms with Gasteiger partial charge < -0.3 is 35.3 Å². The molecule has 15 nitrogen and oxygen atoms in total. The van der Waals surface area contributed by atoms with E-state index >= 15 is 4.39 Å². The van der Waals surface area contributed by atoms with Crippen molar-refractivity contribution in [3.63, 3.8) is 0 Å². The Morgan fingerprint density at radius 3 is 2.45 bits per heavy atom. The Morgan fingerprint density at radius 1 is 1.06 bits per heavy atom. The number of fused-ring (bicyclic) bond motifs is 5. The summed E-state index contributed by atoms with van der Waals surface area (Å²) in [6.07, 6.45) is -0.327. The standard InChI is InChI=1S/C33H41FN2O13/c1-30-9-8-21(37)11-20(30)6-7-22-23-12-25(38)33(43,31(23,2)13-26(39)32(22,30)34)27(40)17-46-28(41)24(35)16-48-29(42)47-14-18-4-3-5-19(10-18)15-49-36(44)45/h3-5,8-11,22-26,38-39,43-45H,6-7,12-17,35H2,1-2H3/t22-,23-,24?,25+,26-,30-,31-,32-,33-/m0/s1. The highest BCUT2D eigenvalue weighted by molar-refractivity contribution is 6.01. The second kappa shape index (κ2) is 13.6. The summed E-state index contributed by atoms with van der Waals surface area (Å²) in [4.78, 5) is 54.7. The first kappa shape index (κ1) is 36.7. The molecule has 1 unspecified atom stereocenters. The molecule has 0 aliphatic heterocycles. The van der Waals surface area contributed by atoms with Crippen molar-refractivity contribution in [3.05, 3.63) is 59.2 Å². The van der Waals surface area contributed by atoms with Crippen LogP contribution in [0.15, 0.2) is 48.1 Å². The maximum Gasteiger partial charge on any atom is 0.508 e. The molecule has 268 valence electrons. The minimum Gasteiger partial charge on any atom is -0.456 e. The number of esters is 1. The highest BCUT2D eigenvalue weighted by Gasteiger charge is 2.76. The molecule has 3 fully saturated rings. The van der Waals surface area contributed by atoms with Crippen LogP contribution in [0.2, 0.25) is 0 Å². The van der Waals surface area contributed by atoms with E-state index < -0.39 is 88.7 Å². The number of halogens is 1. The number of nitrogens with two attached hydrogens (primary N) is 1. The van der Waals surface area contributed by atoms with Gasteiger partial charge in [0, 0.05) is 16.7 Å². The predicted molar refractivity (Wildman–Crippen MR) is 161 cm³/mol. The molecule has 0 heterocycles. The Kier molecular flexibility index (Phi) is 10.2. The third kappa shape index (κ3) is 6.31. The summed E-state index contributed by atoms with van der Waals surface area (Å²) < 4.78 is 32.1. The number of carbonyl (C=O) groups excluding carboxylic acids is 4. The smallest absolute Gasteiger partial charge is 0.456 e. The summed E-state index contributed by atoms with van der Waals surface area (Å²) in [7, 11) is 0. The first-order valence-corrected chi connectivity index (χ1v) is 15.8. The lowest BCUT2D eigenvalue weighted by Crippen LogP contribution is -2.69. The maximum atomic E-state index is 17.3. The summed E-state index contributed by atoms with van der Waals surface area (Å²) in [5, 5.41) is 51.2. The van der Waals surface area contributed by atoms with Crippen LogP contribution in [0.5, 0.6) is 0 Å². The van der Waals surface area contributed by atoms with Gasteiger partial charge in [0.15, 0.2) is 23.7 Å². The second-order valence-corrected chi connectivity index (χ2v) is 13.6. The van der Waals surface area contributed by atoms with E-state index in [1.807, 2.05) is 0 Å². The van der Waals surface area contributed by atoms with Crippen LogP contribution >= 0.6 is 0 Å². The number of hydrogen-bond donors (Lipinski definition) is 6. The fraction of sp³-hybridized carbons (Fsp3) is 0.576. The lowest BCUT2D eigenvalue weighted by Gasteiger charge is -2.62. The lowest BCUT2D eigenvalue weighted by molar-refractivity contribution is -0.497. The Balaban J connectivity index is 1.16. The molecule has 1 aromatic rings. The minimum atomic E-state index is -2.50. The highest BCUT2D eigenvalue weighted by atomic mass is 19.1. The van der Waals surface area contributed by atoms with Crippen molar-refractivity contribution in [1.82, 2.24) is 5.39 Å². The predicted octanol–water partition coefficient (Wildman–Crippen LogP) is 1.36. The van der Waals surface area contributed by atoms with Gasteiger partial charge in [-0.3, -0.25) is 24.8 Å². The number of hydrogen-bond acceptors (Lipinski definition) is 15. The van der Waals surface area contributed by atoms with Crippen LogP contribution in [0.25, 0.3) is 0 Å². The van der Waals surface area contributed by atoms with Crippen LogP contribution in [-0.4, -0.2) is 97.5 Å². The largest absolute Gasteiger partial charge is 0.508 e. The number of alkyl halides is 1. The molecule has 5 rings (SSSR count). The third-order valence-electron chi connectivity index (χ3n) is 11.0. The highest BCUT2D eigenvalue weighted by Crippen LogP contribution is 2.69. The molecule has 1 aromatic carbocycles. The molecule has 4 aliphatic rings. The third-order valence-corrected chi connectivity index (χ3v) is 11.0.